The summed E-state index contributed by atoms with van der Waals surface area (Å²) in [5, 5.41) is 11.8. The van der Waals surface area contributed by atoms with Gasteiger partial charge < -0.3 is 24.6 Å². The number of methoxy groups -OCH3 is 2. The van der Waals surface area contributed by atoms with Crippen molar-refractivity contribution in [3.05, 3.63) is 17.7 Å². The van der Waals surface area contributed by atoms with Crippen LogP contribution < -0.4 is 14.8 Å². The van der Waals surface area contributed by atoms with Crippen LogP contribution in [0.25, 0.3) is 0 Å². The van der Waals surface area contributed by atoms with Crippen molar-refractivity contribution in [2.45, 2.75) is 12.0 Å². The molecular formula is C12H14ClF2NO5. The molecule has 0 unspecified atom stereocenters. The van der Waals surface area contributed by atoms with Gasteiger partial charge in [-0.15, -0.1) is 12.4 Å². The van der Waals surface area contributed by atoms with E-state index in [0.717, 1.165) is 0 Å². The molecule has 1 aliphatic rings. The molecule has 1 aromatic carbocycles. The summed E-state index contributed by atoms with van der Waals surface area (Å²) in [4.78, 5) is 11.1. The Balaban J connectivity index is 0.00000220. The van der Waals surface area contributed by atoms with Gasteiger partial charge in [-0.25, -0.2) is 13.6 Å². The predicted octanol–water partition coefficient (Wildman–Crippen LogP) is 2.25. The molecule has 9 heteroatoms. The van der Waals surface area contributed by atoms with Gasteiger partial charge in [0.1, 0.15) is 6.04 Å². The van der Waals surface area contributed by atoms with E-state index >= 15 is 0 Å². The van der Waals surface area contributed by atoms with E-state index in [-0.39, 0.29) is 35.2 Å². The average molecular weight is 326 g/mol. The minimum atomic E-state index is -3.29. The first-order chi connectivity index (χ1) is 9.39. The summed E-state index contributed by atoms with van der Waals surface area (Å²) < 4.78 is 41.7. The Hall–Kier alpha value is -1.96. The van der Waals surface area contributed by atoms with Crippen LogP contribution in [0.15, 0.2) is 12.1 Å². The first-order valence-electron chi connectivity index (χ1n) is 5.65. The second-order valence-electron chi connectivity index (χ2n) is 4.19. The maximum Gasteiger partial charge on any atom is 0.408 e. The number of hydrogen-bond acceptors (Lipinski definition) is 5. The maximum absolute atomic E-state index is 13.8. The van der Waals surface area contributed by atoms with Crippen molar-refractivity contribution in [3.8, 4) is 17.2 Å². The molecule has 0 aromatic heterocycles. The highest BCUT2D eigenvalue weighted by molar-refractivity contribution is 5.85. The van der Waals surface area contributed by atoms with Crippen molar-refractivity contribution in [2.24, 2.45) is 0 Å². The van der Waals surface area contributed by atoms with Crippen LogP contribution >= 0.6 is 12.4 Å². The third kappa shape index (κ3) is 3.21. The van der Waals surface area contributed by atoms with E-state index in [1.165, 1.54) is 26.4 Å². The number of phenolic OH excluding ortho intramolecular Hbond substituents is 1. The summed E-state index contributed by atoms with van der Waals surface area (Å²) >= 11 is 0. The number of rotatable bonds is 3. The number of cyclic esters (lactones) is 1. The molecule has 1 aliphatic heterocycles. The van der Waals surface area contributed by atoms with Crippen molar-refractivity contribution in [1.82, 2.24) is 5.32 Å². The highest BCUT2D eigenvalue weighted by atomic mass is 35.5. The molecule has 118 valence electrons. The van der Waals surface area contributed by atoms with E-state index < -0.39 is 24.7 Å². The molecule has 2 rings (SSSR count). The molecule has 6 nitrogen and oxygen atoms in total. The zero-order valence-electron chi connectivity index (χ0n) is 11.2. The fraction of sp³-hybridized carbons (Fsp3) is 0.417. The van der Waals surface area contributed by atoms with Crippen LogP contribution in [0.1, 0.15) is 11.6 Å². The lowest BCUT2D eigenvalue weighted by molar-refractivity contribution is -0.104. The van der Waals surface area contributed by atoms with E-state index in [1.807, 2.05) is 5.32 Å². The van der Waals surface area contributed by atoms with Gasteiger partial charge in [0.25, 0.3) is 0 Å². The lowest BCUT2D eigenvalue weighted by Crippen LogP contribution is -2.49. The number of halogens is 3. The molecule has 1 aromatic rings. The summed E-state index contributed by atoms with van der Waals surface area (Å²) in [6, 6.07) is 0.830. The van der Waals surface area contributed by atoms with Crippen LogP contribution in [0, 0.1) is 0 Å². The number of alkyl halides is 2. The van der Waals surface area contributed by atoms with Gasteiger partial charge in [-0.05, 0) is 17.7 Å². The molecule has 1 atom stereocenters. The number of nitrogens with one attached hydrogen (secondary N) is 1. The molecule has 1 heterocycles. The second-order valence-corrected chi connectivity index (χ2v) is 4.19. The van der Waals surface area contributed by atoms with Gasteiger partial charge >= 0.3 is 12.0 Å². The first kappa shape index (κ1) is 17.1. The minimum absolute atomic E-state index is 0. The van der Waals surface area contributed by atoms with Gasteiger partial charge in [0.05, 0.1) is 14.2 Å². The fourth-order valence-corrected chi connectivity index (χ4v) is 1.92. The summed E-state index contributed by atoms with van der Waals surface area (Å²) in [5.41, 5.74) is 0.0400. The van der Waals surface area contributed by atoms with Gasteiger partial charge in [-0.2, -0.15) is 0 Å². The third-order valence-corrected chi connectivity index (χ3v) is 2.92. The molecular weight excluding hydrogens is 312 g/mol. The van der Waals surface area contributed by atoms with Crippen LogP contribution in [0.2, 0.25) is 0 Å². The number of hydrogen-bond donors (Lipinski definition) is 2. The lowest BCUT2D eigenvalue weighted by atomic mass is 9.99. The fourth-order valence-electron chi connectivity index (χ4n) is 1.92. The Morgan fingerprint density at radius 1 is 1.33 bits per heavy atom. The average Bonchev–Trinajstić information content (AvgIpc) is 2.42. The largest absolute Gasteiger partial charge is 0.502 e. The maximum atomic E-state index is 13.8. The van der Waals surface area contributed by atoms with Crippen molar-refractivity contribution >= 4 is 18.5 Å². The highest BCUT2D eigenvalue weighted by Crippen LogP contribution is 2.42. The summed E-state index contributed by atoms with van der Waals surface area (Å²) in [5.74, 6) is -3.66. The predicted molar refractivity (Wildman–Crippen MR) is 70.6 cm³/mol. The molecule has 0 bridgehead atoms. The first-order valence-corrected chi connectivity index (χ1v) is 5.65. The van der Waals surface area contributed by atoms with E-state index in [1.54, 1.807) is 0 Å². The Morgan fingerprint density at radius 3 is 2.33 bits per heavy atom. The smallest absolute Gasteiger partial charge is 0.408 e. The molecule has 1 amide bonds. The number of phenols is 1. The zero-order chi connectivity index (χ0) is 14.9. The van der Waals surface area contributed by atoms with Gasteiger partial charge in [0.15, 0.2) is 18.1 Å². The van der Waals surface area contributed by atoms with Gasteiger partial charge in [0.2, 0.25) is 5.75 Å². The molecule has 0 saturated carbocycles. The normalized spacial score (nSPS) is 19.8. The number of benzene rings is 1. The van der Waals surface area contributed by atoms with Gasteiger partial charge in [-0.1, -0.05) is 0 Å². The molecule has 1 fully saturated rings. The molecule has 2 N–H and O–H groups in total. The van der Waals surface area contributed by atoms with Crippen LogP contribution in [0.3, 0.4) is 0 Å². The number of amides is 1. The Labute approximate surface area is 125 Å². The molecule has 21 heavy (non-hydrogen) atoms. The van der Waals surface area contributed by atoms with Crippen molar-refractivity contribution < 1.29 is 32.9 Å². The van der Waals surface area contributed by atoms with E-state index in [4.69, 9.17) is 9.47 Å². The van der Waals surface area contributed by atoms with Gasteiger partial charge in [-0.3, -0.25) is 0 Å². The molecule has 0 radical (unpaired) electrons. The number of carbonyl (C=O) groups is 1. The molecule has 1 saturated heterocycles. The minimum Gasteiger partial charge on any atom is -0.502 e. The third-order valence-electron chi connectivity index (χ3n) is 2.92. The van der Waals surface area contributed by atoms with Crippen molar-refractivity contribution in [1.29, 1.82) is 0 Å². The van der Waals surface area contributed by atoms with Crippen LogP contribution in [0.5, 0.6) is 17.2 Å². The molecule has 0 spiro atoms. The Bertz CT molecular complexity index is 515. The summed E-state index contributed by atoms with van der Waals surface area (Å²) in [6.07, 6.45) is -0.938. The number of alkyl carbamates (subject to hydrolysis) is 1. The summed E-state index contributed by atoms with van der Waals surface area (Å²) in [7, 11) is 2.55. The number of aromatic hydroxyl groups is 1. The topological polar surface area (TPSA) is 77.0 Å². The monoisotopic (exact) mass is 325 g/mol. The van der Waals surface area contributed by atoms with Crippen LogP contribution in [0.4, 0.5) is 13.6 Å². The molecule has 0 aliphatic carbocycles. The zero-order valence-corrected chi connectivity index (χ0v) is 12.0. The SMILES string of the molecule is COc1cc([C@H]2NC(=O)OCC2(F)F)cc(OC)c1O.Cl. The highest BCUT2D eigenvalue weighted by Gasteiger charge is 2.47. The van der Waals surface area contributed by atoms with E-state index in [0.29, 0.717) is 0 Å². The van der Waals surface area contributed by atoms with E-state index in [2.05, 4.69) is 4.74 Å². The Kier molecular flexibility index (Phi) is 5.06. The van der Waals surface area contributed by atoms with Gasteiger partial charge in [0, 0.05) is 0 Å². The van der Waals surface area contributed by atoms with Crippen LogP contribution in [-0.2, 0) is 4.74 Å². The number of carbonyl (C=O) groups excluding carboxylic acids is 1. The lowest BCUT2D eigenvalue weighted by Gasteiger charge is -2.32. The van der Waals surface area contributed by atoms with Crippen molar-refractivity contribution in [2.75, 3.05) is 20.8 Å². The van der Waals surface area contributed by atoms with E-state index in [9.17, 15) is 18.7 Å². The summed E-state index contributed by atoms with van der Waals surface area (Å²) in [6.45, 7) is -1.02. The Morgan fingerprint density at radius 2 is 1.86 bits per heavy atom. The van der Waals surface area contributed by atoms with Crippen LogP contribution in [-0.4, -0.2) is 37.9 Å². The standard InChI is InChI=1S/C12H13F2NO5.ClH/c1-18-7-3-6(4-8(19-2)9(7)16)10-12(13,14)5-20-11(17)15-10;/h3-4,10,16H,5H2,1-2H3,(H,15,17);1H/t10-;/m1./s1. The quantitative estimate of drug-likeness (QED) is 0.891. The second kappa shape index (κ2) is 6.21. The van der Waals surface area contributed by atoms with Crippen molar-refractivity contribution in [3.63, 3.8) is 0 Å². The number of ether oxygens (including phenoxy) is 3.